The summed E-state index contributed by atoms with van der Waals surface area (Å²) in [6.07, 6.45) is 1.77. The van der Waals surface area contributed by atoms with E-state index in [9.17, 15) is 4.79 Å². The van der Waals surface area contributed by atoms with Crippen LogP contribution in [0.1, 0.15) is 0 Å². The lowest BCUT2D eigenvalue weighted by molar-refractivity contribution is 0.297. The minimum atomic E-state index is 0.0448. The van der Waals surface area contributed by atoms with Crippen LogP contribution < -0.4 is 14.3 Å². The predicted molar refractivity (Wildman–Crippen MR) is 67.1 cm³/mol. The Hall–Kier alpha value is -1.75. The van der Waals surface area contributed by atoms with Gasteiger partial charge in [0.15, 0.2) is 0 Å². The first-order valence-corrected chi connectivity index (χ1v) is 6.08. The minimum Gasteiger partial charge on any atom is -0.497 e. The molecule has 2 aromatic rings. The number of aromatic nitrogens is 1. The van der Waals surface area contributed by atoms with Crippen LogP contribution in [0.2, 0.25) is 0 Å². The number of nitrogens with zero attached hydrogens (tertiary/aromatic N) is 1. The SMILES string of the molecule is COc1ccc(OCCn2ccsc2=O)cc1. The molecule has 0 aliphatic heterocycles. The zero-order chi connectivity index (χ0) is 12.1. The average Bonchev–Trinajstić information content (AvgIpc) is 2.76. The Morgan fingerprint density at radius 2 is 1.94 bits per heavy atom. The van der Waals surface area contributed by atoms with E-state index in [1.54, 1.807) is 23.3 Å². The van der Waals surface area contributed by atoms with Crippen molar-refractivity contribution in [1.29, 1.82) is 0 Å². The van der Waals surface area contributed by atoms with Gasteiger partial charge in [-0.3, -0.25) is 4.79 Å². The number of thiazole rings is 1. The Bertz CT molecular complexity index is 515. The molecule has 0 fully saturated rings. The lowest BCUT2D eigenvalue weighted by Gasteiger charge is -2.07. The summed E-state index contributed by atoms with van der Waals surface area (Å²) in [5.41, 5.74) is 0. The van der Waals surface area contributed by atoms with Crippen LogP contribution in [0.25, 0.3) is 0 Å². The zero-order valence-corrected chi connectivity index (χ0v) is 10.3. The van der Waals surface area contributed by atoms with E-state index in [0.717, 1.165) is 11.5 Å². The molecule has 0 unspecified atom stereocenters. The van der Waals surface area contributed by atoms with Crippen LogP contribution in [0.4, 0.5) is 0 Å². The second kappa shape index (κ2) is 5.54. The molecule has 0 saturated heterocycles. The van der Waals surface area contributed by atoms with E-state index in [1.165, 1.54) is 11.3 Å². The largest absolute Gasteiger partial charge is 0.497 e. The van der Waals surface area contributed by atoms with E-state index in [1.807, 2.05) is 24.3 Å². The van der Waals surface area contributed by atoms with Crippen molar-refractivity contribution in [2.75, 3.05) is 13.7 Å². The van der Waals surface area contributed by atoms with Crippen LogP contribution in [0.5, 0.6) is 11.5 Å². The smallest absolute Gasteiger partial charge is 0.307 e. The molecule has 0 N–H and O–H groups in total. The predicted octanol–water partition coefficient (Wildman–Crippen LogP) is 2.00. The standard InChI is InChI=1S/C12H13NO3S/c1-15-10-2-4-11(5-3-10)16-8-6-13-7-9-17-12(13)14/h2-5,7,9H,6,8H2,1H3. The van der Waals surface area contributed by atoms with Gasteiger partial charge in [-0.25, -0.2) is 0 Å². The summed E-state index contributed by atoms with van der Waals surface area (Å²) in [6.45, 7) is 1.04. The zero-order valence-electron chi connectivity index (χ0n) is 9.46. The summed E-state index contributed by atoms with van der Waals surface area (Å²) in [4.78, 5) is 11.3. The molecule has 0 saturated carbocycles. The Kier molecular flexibility index (Phi) is 3.82. The quantitative estimate of drug-likeness (QED) is 0.816. The number of rotatable bonds is 5. The van der Waals surface area contributed by atoms with Crippen molar-refractivity contribution in [3.05, 3.63) is 45.5 Å². The van der Waals surface area contributed by atoms with E-state index in [4.69, 9.17) is 9.47 Å². The van der Waals surface area contributed by atoms with Crippen molar-refractivity contribution in [2.24, 2.45) is 0 Å². The Morgan fingerprint density at radius 1 is 1.24 bits per heavy atom. The maximum atomic E-state index is 11.3. The minimum absolute atomic E-state index is 0.0448. The van der Waals surface area contributed by atoms with Gasteiger partial charge < -0.3 is 14.0 Å². The van der Waals surface area contributed by atoms with Crippen LogP contribution >= 0.6 is 11.3 Å². The van der Waals surface area contributed by atoms with Gasteiger partial charge in [0.2, 0.25) is 0 Å². The highest BCUT2D eigenvalue weighted by atomic mass is 32.1. The van der Waals surface area contributed by atoms with Crippen molar-refractivity contribution in [2.45, 2.75) is 6.54 Å². The highest BCUT2D eigenvalue weighted by Crippen LogP contribution is 2.16. The van der Waals surface area contributed by atoms with Crippen molar-refractivity contribution in [3.63, 3.8) is 0 Å². The molecule has 90 valence electrons. The first-order valence-electron chi connectivity index (χ1n) is 5.20. The van der Waals surface area contributed by atoms with E-state index in [2.05, 4.69) is 0 Å². The van der Waals surface area contributed by atoms with Crippen LogP contribution in [0, 0.1) is 0 Å². The topological polar surface area (TPSA) is 40.5 Å². The monoisotopic (exact) mass is 251 g/mol. The number of methoxy groups -OCH3 is 1. The summed E-state index contributed by atoms with van der Waals surface area (Å²) in [5, 5.41) is 1.77. The third-order valence-electron chi connectivity index (χ3n) is 2.30. The van der Waals surface area contributed by atoms with Crippen molar-refractivity contribution in [3.8, 4) is 11.5 Å². The molecular formula is C12H13NO3S. The third kappa shape index (κ3) is 3.10. The molecule has 0 aliphatic rings. The molecule has 0 amide bonds. The first kappa shape index (κ1) is 11.7. The molecule has 1 aromatic heterocycles. The van der Waals surface area contributed by atoms with Gasteiger partial charge in [-0.15, -0.1) is 0 Å². The van der Waals surface area contributed by atoms with E-state index in [0.29, 0.717) is 13.2 Å². The molecular weight excluding hydrogens is 238 g/mol. The van der Waals surface area contributed by atoms with Gasteiger partial charge in [0.1, 0.15) is 18.1 Å². The first-order chi connectivity index (χ1) is 8.29. The number of hydrogen-bond acceptors (Lipinski definition) is 4. The molecule has 2 rings (SSSR count). The summed E-state index contributed by atoms with van der Waals surface area (Å²) in [5.74, 6) is 1.57. The van der Waals surface area contributed by atoms with Gasteiger partial charge in [-0.1, -0.05) is 11.3 Å². The normalized spacial score (nSPS) is 10.2. The summed E-state index contributed by atoms with van der Waals surface area (Å²) in [6, 6.07) is 7.36. The fourth-order valence-corrected chi connectivity index (χ4v) is 2.00. The van der Waals surface area contributed by atoms with Crippen molar-refractivity contribution < 1.29 is 9.47 Å². The molecule has 1 heterocycles. The van der Waals surface area contributed by atoms with Gasteiger partial charge in [0.25, 0.3) is 0 Å². The highest BCUT2D eigenvalue weighted by Gasteiger charge is 1.98. The molecule has 0 bridgehead atoms. The Morgan fingerprint density at radius 3 is 2.53 bits per heavy atom. The van der Waals surface area contributed by atoms with Gasteiger partial charge in [0.05, 0.1) is 13.7 Å². The van der Waals surface area contributed by atoms with Crippen LogP contribution in [-0.4, -0.2) is 18.3 Å². The van der Waals surface area contributed by atoms with Gasteiger partial charge >= 0.3 is 4.87 Å². The van der Waals surface area contributed by atoms with Gasteiger partial charge in [0, 0.05) is 11.6 Å². The van der Waals surface area contributed by atoms with Crippen LogP contribution in [-0.2, 0) is 6.54 Å². The summed E-state index contributed by atoms with van der Waals surface area (Å²) >= 11 is 1.19. The maximum absolute atomic E-state index is 11.3. The fourth-order valence-electron chi connectivity index (χ4n) is 1.39. The molecule has 0 atom stereocenters. The Labute approximate surface area is 103 Å². The second-order valence-corrected chi connectivity index (χ2v) is 4.24. The van der Waals surface area contributed by atoms with Crippen LogP contribution in [0.3, 0.4) is 0 Å². The Balaban J connectivity index is 1.86. The molecule has 4 nitrogen and oxygen atoms in total. The molecule has 17 heavy (non-hydrogen) atoms. The lowest BCUT2D eigenvalue weighted by Crippen LogP contribution is -2.16. The third-order valence-corrected chi connectivity index (χ3v) is 3.00. The number of ether oxygens (including phenoxy) is 2. The molecule has 5 heteroatoms. The highest BCUT2D eigenvalue weighted by molar-refractivity contribution is 7.07. The van der Waals surface area contributed by atoms with Gasteiger partial charge in [-0.2, -0.15) is 0 Å². The van der Waals surface area contributed by atoms with E-state index >= 15 is 0 Å². The molecule has 0 spiro atoms. The molecule has 1 aromatic carbocycles. The molecule has 0 radical (unpaired) electrons. The maximum Gasteiger partial charge on any atom is 0.307 e. The summed E-state index contributed by atoms with van der Waals surface area (Å²) in [7, 11) is 1.62. The van der Waals surface area contributed by atoms with Crippen molar-refractivity contribution in [1.82, 2.24) is 4.57 Å². The average molecular weight is 251 g/mol. The molecule has 0 aliphatic carbocycles. The number of hydrogen-bond donors (Lipinski definition) is 0. The fraction of sp³-hybridized carbons (Fsp3) is 0.250. The van der Waals surface area contributed by atoms with Crippen LogP contribution in [0.15, 0.2) is 40.6 Å². The second-order valence-electron chi connectivity index (χ2n) is 3.39. The van der Waals surface area contributed by atoms with E-state index in [-0.39, 0.29) is 4.87 Å². The van der Waals surface area contributed by atoms with Gasteiger partial charge in [-0.05, 0) is 24.3 Å². The number of benzene rings is 1. The lowest BCUT2D eigenvalue weighted by atomic mass is 10.3. The van der Waals surface area contributed by atoms with E-state index < -0.39 is 0 Å². The summed E-state index contributed by atoms with van der Waals surface area (Å²) < 4.78 is 12.2. The van der Waals surface area contributed by atoms with Crippen molar-refractivity contribution >= 4 is 11.3 Å².